The van der Waals surface area contributed by atoms with E-state index < -0.39 is 0 Å². The first kappa shape index (κ1) is 10.3. The van der Waals surface area contributed by atoms with Crippen LogP contribution in [0, 0.1) is 0 Å². The van der Waals surface area contributed by atoms with E-state index >= 15 is 0 Å². The van der Waals surface area contributed by atoms with Crippen LogP contribution < -0.4 is 0 Å². The molecule has 5 heteroatoms. The Labute approximate surface area is 82.4 Å². The lowest BCUT2D eigenvalue weighted by Crippen LogP contribution is -2.32. The van der Waals surface area contributed by atoms with Crippen LogP contribution in [0.2, 0.25) is 0 Å². The number of alkyl halides is 1. The molecular formula is C8H13ClN2O2. The average Bonchev–Trinajstić information content (AvgIpc) is 2.32. The largest absolute Gasteiger partial charge is 0.326 e. The Morgan fingerprint density at radius 3 is 2.54 bits per heavy atom. The molecule has 0 unspecified atom stereocenters. The molecule has 0 radical (unpaired) electrons. The molecule has 74 valence electrons. The zero-order valence-electron chi connectivity index (χ0n) is 7.62. The highest BCUT2D eigenvalue weighted by Gasteiger charge is 2.32. The molecule has 1 saturated heterocycles. The molecule has 0 aromatic rings. The van der Waals surface area contributed by atoms with Crippen LogP contribution in [-0.4, -0.2) is 47.8 Å². The van der Waals surface area contributed by atoms with E-state index in [1.165, 1.54) is 9.80 Å². The van der Waals surface area contributed by atoms with Crippen LogP contribution in [0.5, 0.6) is 0 Å². The number of rotatable bonds is 4. The van der Waals surface area contributed by atoms with Crippen molar-refractivity contribution in [3.63, 3.8) is 0 Å². The lowest BCUT2D eigenvalue weighted by molar-refractivity contribution is -0.125. The summed E-state index contributed by atoms with van der Waals surface area (Å²) in [5.74, 6) is 0.466. The van der Waals surface area contributed by atoms with E-state index in [2.05, 4.69) is 0 Å². The first-order chi connectivity index (χ1) is 6.16. The third kappa shape index (κ3) is 2.34. The van der Waals surface area contributed by atoms with E-state index in [4.69, 9.17) is 11.6 Å². The van der Waals surface area contributed by atoms with Crippen LogP contribution in [0.25, 0.3) is 0 Å². The van der Waals surface area contributed by atoms with Gasteiger partial charge in [-0.3, -0.25) is 9.69 Å². The molecule has 0 N–H and O–H groups in total. The molecule has 0 saturated carbocycles. The molecule has 4 nitrogen and oxygen atoms in total. The fourth-order valence-corrected chi connectivity index (χ4v) is 1.44. The Bertz CT molecular complexity index is 220. The summed E-state index contributed by atoms with van der Waals surface area (Å²) in [4.78, 5) is 25.2. The highest BCUT2D eigenvalue weighted by atomic mass is 35.5. The molecule has 0 aliphatic carbocycles. The highest BCUT2D eigenvalue weighted by Crippen LogP contribution is 2.09. The van der Waals surface area contributed by atoms with Crippen LogP contribution >= 0.6 is 11.6 Å². The van der Waals surface area contributed by atoms with Crippen molar-refractivity contribution in [1.82, 2.24) is 9.80 Å². The summed E-state index contributed by atoms with van der Waals surface area (Å²) in [6.07, 6.45) is 1.62. The van der Waals surface area contributed by atoms with E-state index in [0.29, 0.717) is 12.4 Å². The number of hydrogen-bond donors (Lipinski definition) is 0. The number of halogens is 1. The summed E-state index contributed by atoms with van der Waals surface area (Å²) in [5, 5.41) is 0. The predicted octanol–water partition coefficient (Wildman–Crippen LogP) is 0.899. The maximum Gasteiger partial charge on any atom is 0.326 e. The molecule has 3 amide bonds. The van der Waals surface area contributed by atoms with E-state index in [9.17, 15) is 9.59 Å². The number of nitrogens with zero attached hydrogens (tertiary/aromatic N) is 2. The first-order valence-electron chi connectivity index (χ1n) is 4.28. The van der Waals surface area contributed by atoms with Crippen molar-refractivity contribution in [2.24, 2.45) is 0 Å². The molecular weight excluding hydrogens is 192 g/mol. The molecule has 1 fully saturated rings. The van der Waals surface area contributed by atoms with E-state index in [-0.39, 0.29) is 18.5 Å². The van der Waals surface area contributed by atoms with Crippen molar-refractivity contribution in [2.75, 3.05) is 26.0 Å². The van der Waals surface area contributed by atoms with Crippen LogP contribution in [-0.2, 0) is 4.79 Å². The lowest BCUT2D eigenvalue weighted by atomic mass is 10.3. The molecule has 0 bridgehead atoms. The van der Waals surface area contributed by atoms with Crippen molar-refractivity contribution < 1.29 is 9.59 Å². The van der Waals surface area contributed by atoms with Crippen molar-refractivity contribution in [1.29, 1.82) is 0 Å². The Morgan fingerprint density at radius 1 is 1.38 bits per heavy atom. The Balaban J connectivity index is 2.40. The second-order valence-electron chi connectivity index (χ2n) is 3.08. The maximum absolute atomic E-state index is 11.3. The van der Waals surface area contributed by atoms with Crippen molar-refractivity contribution in [2.45, 2.75) is 12.8 Å². The number of unbranched alkanes of at least 4 members (excludes halogenated alkanes) is 1. The molecule has 1 heterocycles. The summed E-state index contributed by atoms with van der Waals surface area (Å²) >= 11 is 5.49. The standard InChI is InChI=1S/C8H13ClN2O2/c1-10-6-7(12)11(8(10)13)5-3-2-4-9/h2-6H2,1H3. The smallest absolute Gasteiger partial charge is 0.318 e. The normalized spacial score (nSPS) is 17.4. The summed E-state index contributed by atoms with van der Waals surface area (Å²) in [6, 6.07) is -0.195. The molecule has 0 aromatic carbocycles. The number of carbonyl (C=O) groups excluding carboxylic acids is 2. The Morgan fingerprint density at radius 2 is 2.08 bits per heavy atom. The van der Waals surface area contributed by atoms with Gasteiger partial charge < -0.3 is 4.90 Å². The first-order valence-corrected chi connectivity index (χ1v) is 4.81. The summed E-state index contributed by atoms with van der Waals surface area (Å²) in [5.41, 5.74) is 0. The minimum atomic E-state index is -0.195. The second kappa shape index (κ2) is 4.46. The van der Waals surface area contributed by atoms with Gasteiger partial charge in [-0.15, -0.1) is 11.6 Å². The molecule has 0 aromatic heterocycles. The number of urea groups is 1. The fraction of sp³-hybridized carbons (Fsp3) is 0.750. The number of imide groups is 1. The molecule has 13 heavy (non-hydrogen) atoms. The van der Waals surface area contributed by atoms with Crippen LogP contribution in [0.3, 0.4) is 0 Å². The summed E-state index contributed by atoms with van der Waals surface area (Å²) in [7, 11) is 1.63. The minimum Gasteiger partial charge on any atom is -0.318 e. The van der Waals surface area contributed by atoms with Crippen molar-refractivity contribution in [3.8, 4) is 0 Å². The topological polar surface area (TPSA) is 40.6 Å². The molecule has 1 aliphatic heterocycles. The van der Waals surface area contributed by atoms with Gasteiger partial charge in [-0.2, -0.15) is 0 Å². The molecule has 0 spiro atoms. The molecule has 1 aliphatic rings. The zero-order valence-corrected chi connectivity index (χ0v) is 8.38. The number of likely N-dealkylation sites (N-methyl/N-ethyl adjacent to an activating group) is 1. The van der Waals surface area contributed by atoms with Crippen molar-refractivity contribution >= 4 is 23.5 Å². The van der Waals surface area contributed by atoms with E-state index in [0.717, 1.165) is 12.8 Å². The number of amides is 3. The average molecular weight is 205 g/mol. The Kier molecular flexibility index (Phi) is 3.54. The van der Waals surface area contributed by atoms with Gasteiger partial charge in [0.2, 0.25) is 5.91 Å². The van der Waals surface area contributed by atoms with Gasteiger partial charge in [0.25, 0.3) is 0 Å². The summed E-state index contributed by atoms with van der Waals surface area (Å²) < 4.78 is 0. The third-order valence-corrected chi connectivity index (χ3v) is 2.26. The number of hydrogen-bond acceptors (Lipinski definition) is 2. The fourth-order valence-electron chi connectivity index (χ4n) is 1.25. The van der Waals surface area contributed by atoms with Gasteiger partial charge in [0.05, 0.1) is 0 Å². The SMILES string of the molecule is CN1CC(=O)N(CCCCCl)C1=O. The summed E-state index contributed by atoms with van der Waals surface area (Å²) in [6.45, 7) is 0.703. The molecule has 1 rings (SSSR count). The predicted molar refractivity (Wildman–Crippen MR) is 49.7 cm³/mol. The third-order valence-electron chi connectivity index (χ3n) is 2.00. The molecule has 0 atom stereocenters. The zero-order chi connectivity index (χ0) is 9.84. The van der Waals surface area contributed by atoms with Gasteiger partial charge in [0.1, 0.15) is 6.54 Å². The maximum atomic E-state index is 11.3. The van der Waals surface area contributed by atoms with Gasteiger partial charge in [0.15, 0.2) is 0 Å². The van der Waals surface area contributed by atoms with Gasteiger partial charge in [-0.05, 0) is 12.8 Å². The van der Waals surface area contributed by atoms with Gasteiger partial charge in [-0.25, -0.2) is 4.79 Å². The van der Waals surface area contributed by atoms with Crippen LogP contribution in [0.15, 0.2) is 0 Å². The monoisotopic (exact) mass is 204 g/mol. The highest BCUT2D eigenvalue weighted by molar-refractivity contribution is 6.17. The van der Waals surface area contributed by atoms with Gasteiger partial charge in [0, 0.05) is 19.5 Å². The Hall–Kier alpha value is -0.770. The van der Waals surface area contributed by atoms with Gasteiger partial charge >= 0.3 is 6.03 Å². The lowest BCUT2D eigenvalue weighted by Gasteiger charge is -2.12. The second-order valence-corrected chi connectivity index (χ2v) is 3.46. The van der Waals surface area contributed by atoms with Crippen LogP contribution in [0.4, 0.5) is 4.79 Å². The van der Waals surface area contributed by atoms with Crippen molar-refractivity contribution in [3.05, 3.63) is 0 Å². The van der Waals surface area contributed by atoms with Crippen LogP contribution in [0.1, 0.15) is 12.8 Å². The van der Waals surface area contributed by atoms with E-state index in [1.807, 2.05) is 0 Å². The van der Waals surface area contributed by atoms with Gasteiger partial charge in [-0.1, -0.05) is 0 Å². The number of carbonyl (C=O) groups is 2. The quantitative estimate of drug-likeness (QED) is 0.388. The van der Waals surface area contributed by atoms with E-state index in [1.54, 1.807) is 7.05 Å². The minimum absolute atomic E-state index is 0.109.